The van der Waals surface area contributed by atoms with Gasteiger partial charge in [-0.25, -0.2) is 0 Å². The van der Waals surface area contributed by atoms with Crippen molar-refractivity contribution >= 4 is 29.2 Å². The van der Waals surface area contributed by atoms with Crippen LogP contribution in [-0.2, 0) is 14.3 Å². The molecule has 0 aromatic rings. The van der Waals surface area contributed by atoms with Crippen molar-refractivity contribution < 1.29 is 14.3 Å². The zero-order valence-corrected chi connectivity index (χ0v) is 8.40. The molecule has 0 radical (unpaired) electrons. The number of alkyl halides is 2. The molecule has 0 spiro atoms. The predicted octanol–water partition coefficient (Wildman–Crippen LogP) is 1.76. The maximum Gasteiger partial charge on any atom is 0.307 e. The summed E-state index contributed by atoms with van der Waals surface area (Å²) in [6, 6.07) is 0. The maximum atomic E-state index is 10.6. The van der Waals surface area contributed by atoms with Gasteiger partial charge in [-0.15, -0.1) is 23.2 Å². The number of ether oxygens (including phenoxy) is 2. The molecule has 0 aromatic heterocycles. The number of hydrogen-bond donors (Lipinski definition) is 0. The van der Waals surface area contributed by atoms with E-state index in [0.29, 0.717) is 18.2 Å². The van der Waals surface area contributed by atoms with Gasteiger partial charge < -0.3 is 9.47 Å². The van der Waals surface area contributed by atoms with Gasteiger partial charge in [0.25, 0.3) is 0 Å². The first-order valence-electron chi connectivity index (χ1n) is 3.63. The molecule has 5 heteroatoms. The van der Waals surface area contributed by atoms with E-state index in [-0.39, 0.29) is 18.9 Å². The summed E-state index contributed by atoms with van der Waals surface area (Å²) in [5.41, 5.74) is 0. The van der Waals surface area contributed by atoms with E-state index in [1.165, 1.54) is 0 Å². The van der Waals surface area contributed by atoms with Gasteiger partial charge in [0.1, 0.15) is 0 Å². The van der Waals surface area contributed by atoms with Crippen LogP contribution in [-0.4, -0.2) is 30.6 Å². The van der Waals surface area contributed by atoms with E-state index in [4.69, 9.17) is 27.9 Å². The van der Waals surface area contributed by atoms with Gasteiger partial charge in [-0.1, -0.05) is 6.92 Å². The molecule has 0 unspecified atom stereocenters. The zero-order valence-electron chi connectivity index (χ0n) is 6.89. The fraction of sp³-hybridized carbons (Fsp3) is 0.857. The van der Waals surface area contributed by atoms with E-state index >= 15 is 0 Å². The molecular weight excluding hydrogens is 203 g/mol. The molecule has 0 aliphatic heterocycles. The van der Waals surface area contributed by atoms with Crippen LogP contribution in [0.25, 0.3) is 0 Å². The topological polar surface area (TPSA) is 35.5 Å². The number of hydrogen-bond acceptors (Lipinski definition) is 3. The average molecular weight is 215 g/mol. The van der Waals surface area contributed by atoms with Crippen LogP contribution in [0.15, 0.2) is 0 Å². The number of esters is 1. The lowest BCUT2D eigenvalue weighted by atomic mass is 10.5. The van der Waals surface area contributed by atoms with Crippen LogP contribution < -0.4 is 0 Å². The highest BCUT2D eigenvalue weighted by Crippen LogP contribution is 1.98. The smallest absolute Gasteiger partial charge is 0.307 e. The van der Waals surface area contributed by atoms with Gasteiger partial charge in [0.15, 0.2) is 6.79 Å². The largest absolute Gasteiger partial charge is 0.438 e. The summed E-state index contributed by atoms with van der Waals surface area (Å²) in [4.78, 5) is 10.6. The first kappa shape index (κ1) is 12.0. The second-order valence-electron chi connectivity index (χ2n) is 2.09. The molecule has 0 aliphatic carbocycles. The Balaban J connectivity index is 3.34. The van der Waals surface area contributed by atoms with Gasteiger partial charge >= 0.3 is 5.97 Å². The lowest BCUT2D eigenvalue weighted by molar-refractivity contribution is -0.158. The molecule has 0 aromatic carbocycles. The first-order chi connectivity index (χ1) is 5.74. The Labute approximate surface area is 81.9 Å². The van der Waals surface area contributed by atoms with Crippen LogP contribution in [0, 0.1) is 0 Å². The molecule has 0 atom stereocenters. The van der Waals surface area contributed by atoms with Gasteiger partial charge in [-0.2, -0.15) is 0 Å². The Hall–Kier alpha value is 0.01000. The lowest BCUT2D eigenvalue weighted by Crippen LogP contribution is -2.19. The van der Waals surface area contributed by atoms with Crippen molar-refractivity contribution in [2.24, 2.45) is 0 Å². The molecule has 0 rings (SSSR count). The fourth-order valence-electron chi connectivity index (χ4n) is 0.428. The third-order valence-corrected chi connectivity index (χ3v) is 1.84. The summed E-state index contributed by atoms with van der Waals surface area (Å²) in [7, 11) is 0. The molecule has 3 nitrogen and oxygen atoms in total. The number of carbonyl (C=O) groups is 1. The Morgan fingerprint density at radius 1 is 1.42 bits per heavy atom. The van der Waals surface area contributed by atoms with Crippen molar-refractivity contribution in [3.8, 4) is 0 Å². The molecule has 0 N–H and O–H groups in total. The Kier molecular flexibility index (Phi) is 7.65. The number of rotatable bonds is 6. The molecule has 72 valence electrons. The normalized spacial score (nSPS) is 10.3. The Morgan fingerprint density at radius 3 is 2.42 bits per heavy atom. The summed E-state index contributed by atoms with van der Waals surface area (Å²) in [6.45, 7) is 1.64. The molecule has 0 bridgehead atoms. The Morgan fingerprint density at radius 2 is 2.00 bits per heavy atom. The van der Waals surface area contributed by atoms with Crippen molar-refractivity contribution in [3.63, 3.8) is 0 Å². The van der Waals surface area contributed by atoms with Crippen molar-refractivity contribution in [2.75, 3.05) is 18.6 Å². The minimum absolute atomic E-state index is 0.0726. The van der Waals surface area contributed by atoms with E-state index in [1.807, 2.05) is 0 Å². The molecule has 0 heterocycles. The van der Waals surface area contributed by atoms with Gasteiger partial charge in [-0.05, 0) is 0 Å². The summed E-state index contributed by atoms with van der Waals surface area (Å²) >= 11 is 10.9. The standard InChI is InChI=1S/C7H12Cl2O3/c1-2-7(10)12-5-11-6(3-8)4-9/h6H,2-5H2,1H3. The van der Waals surface area contributed by atoms with Crippen LogP contribution in [0.1, 0.15) is 13.3 Å². The second kappa shape index (κ2) is 7.65. The average Bonchev–Trinajstić information content (AvgIpc) is 2.12. The van der Waals surface area contributed by atoms with Crippen molar-refractivity contribution in [1.29, 1.82) is 0 Å². The Bertz CT molecular complexity index is 126. The van der Waals surface area contributed by atoms with Crippen LogP contribution in [0.3, 0.4) is 0 Å². The van der Waals surface area contributed by atoms with Crippen LogP contribution in [0.5, 0.6) is 0 Å². The van der Waals surface area contributed by atoms with Crippen molar-refractivity contribution in [2.45, 2.75) is 19.4 Å². The van der Waals surface area contributed by atoms with Crippen LogP contribution in [0.2, 0.25) is 0 Å². The van der Waals surface area contributed by atoms with E-state index in [1.54, 1.807) is 6.92 Å². The number of halogens is 2. The SMILES string of the molecule is CCC(=O)OCOC(CCl)CCl. The molecular formula is C7H12Cl2O3. The molecule has 0 saturated heterocycles. The summed E-state index contributed by atoms with van der Waals surface area (Å²) in [5, 5.41) is 0. The van der Waals surface area contributed by atoms with Gasteiger partial charge in [0.2, 0.25) is 0 Å². The molecule has 12 heavy (non-hydrogen) atoms. The molecule has 0 fully saturated rings. The summed E-state index contributed by atoms with van der Waals surface area (Å²) in [6.07, 6.45) is 0.0912. The lowest BCUT2D eigenvalue weighted by Gasteiger charge is -2.11. The van der Waals surface area contributed by atoms with Gasteiger partial charge in [0, 0.05) is 18.2 Å². The molecule has 0 saturated carbocycles. The monoisotopic (exact) mass is 214 g/mol. The minimum Gasteiger partial charge on any atom is -0.438 e. The van der Waals surface area contributed by atoms with Crippen LogP contribution >= 0.6 is 23.2 Å². The van der Waals surface area contributed by atoms with Crippen molar-refractivity contribution in [1.82, 2.24) is 0 Å². The van der Waals surface area contributed by atoms with E-state index < -0.39 is 0 Å². The van der Waals surface area contributed by atoms with Gasteiger partial charge in [0.05, 0.1) is 6.10 Å². The first-order valence-corrected chi connectivity index (χ1v) is 4.70. The second-order valence-corrected chi connectivity index (χ2v) is 2.70. The predicted molar refractivity (Wildman–Crippen MR) is 47.6 cm³/mol. The summed E-state index contributed by atoms with van der Waals surface area (Å²) in [5.74, 6) is 0.304. The highest BCUT2D eigenvalue weighted by molar-refractivity contribution is 6.21. The van der Waals surface area contributed by atoms with Gasteiger partial charge in [-0.3, -0.25) is 4.79 Å². The minimum atomic E-state index is -0.294. The quantitative estimate of drug-likeness (QED) is 0.384. The maximum absolute atomic E-state index is 10.6. The third kappa shape index (κ3) is 5.63. The summed E-state index contributed by atoms with van der Waals surface area (Å²) < 4.78 is 9.65. The van der Waals surface area contributed by atoms with E-state index in [0.717, 1.165) is 0 Å². The van der Waals surface area contributed by atoms with Crippen molar-refractivity contribution in [3.05, 3.63) is 0 Å². The zero-order chi connectivity index (χ0) is 9.40. The molecule has 0 aliphatic rings. The number of carbonyl (C=O) groups excluding carboxylic acids is 1. The highest BCUT2D eigenvalue weighted by atomic mass is 35.5. The van der Waals surface area contributed by atoms with E-state index in [2.05, 4.69) is 4.74 Å². The fourth-order valence-corrected chi connectivity index (χ4v) is 0.936. The molecule has 0 amide bonds. The third-order valence-electron chi connectivity index (χ3n) is 1.16. The van der Waals surface area contributed by atoms with E-state index in [9.17, 15) is 4.79 Å². The van der Waals surface area contributed by atoms with Crippen LogP contribution in [0.4, 0.5) is 0 Å². The highest BCUT2D eigenvalue weighted by Gasteiger charge is 2.06.